The quantitative estimate of drug-likeness (QED) is 0.327. The summed E-state index contributed by atoms with van der Waals surface area (Å²) in [6, 6.07) is 5.09. The van der Waals surface area contributed by atoms with E-state index in [0.29, 0.717) is 12.0 Å². The summed E-state index contributed by atoms with van der Waals surface area (Å²) in [5.41, 5.74) is -4.28. The number of carbonyl (C=O) groups is 3. The molecule has 2 N–H and O–H groups in total. The van der Waals surface area contributed by atoms with Crippen LogP contribution in [0, 0.1) is 0 Å². The highest BCUT2D eigenvalue weighted by molar-refractivity contribution is 8.00. The zero-order valence-electron chi connectivity index (χ0n) is 19.7. The smallest absolute Gasteiger partial charge is 0.349 e. The molecule has 1 aromatic heterocycles. The largest absolute Gasteiger partial charge is 0.446 e. The van der Waals surface area contributed by atoms with Crippen molar-refractivity contribution in [1.29, 1.82) is 0 Å². The Morgan fingerprint density at radius 2 is 1.86 bits per heavy atom. The Morgan fingerprint density at radius 1 is 1.19 bits per heavy atom. The van der Waals surface area contributed by atoms with E-state index in [2.05, 4.69) is 20.5 Å². The molecule has 2 aliphatic heterocycles. The van der Waals surface area contributed by atoms with E-state index in [9.17, 15) is 27.6 Å². The van der Waals surface area contributed by atoms with Crippen LogP contribution in [-0.4, -0.2) is 59.4 Å². The van der Waals surface area contributed by atoms with Crippen LogP contribution in [0.2, 0.25) is 0 Å². The lowest BCUT2D eigenvalue weighted by Crippen LogP contribution is -2.54. The molecule has 4 rings (SSSR count). The Labute approximate surface area is 210 Å². The second-order valence-electron chi connectivity index (χ2n) is 9.11. The Hall–Kier alpha value is -3.12. The van der Waals surface area contributed by atoms with Gasteiger partial charge in [-0.15, -0.1) is 0 Å². The fraction of sp³-hybridized carbons (Fsp3) is 0.417. The molecule has 1 aromatic carbocycles. The van der Waals surface area contributed by atoms with E-state index in [4.69, 9.17) is 0 Å². The van der Waals surface area contributed by atoms with Gasteiger partial charge in [0.25, 0.3) is 5.91 Å². The van der Waals surface area contributed by atoms with Crippen LogP contribution in [0.3, 0.4) is 0 Å². The van der Waals surface area contributed by atoms with Crippen LogP contribution in [0.25, 0.3) is 0 Å². The predicted molar refractivity (Wildman–Crippen MR) is 128 cm³/mol. The molecule has 2 aromatic rings. The number of anilines is 1. The number of thioether (sulfide) groups is 1. The highest BCUT2D eigenvalue weighted by Crippen LogP contribution is 2.40. The predicted octanol–water partition coefficient (Wildman–Crippen LogP) is 3.80. The SMILES string of the molecule is CN1CCC(c2cnccc2C(NC=O)C2(C)NC(=O)N(c3ccc(SC(F)(F)F)cc3)C2=O)CC1. The van der Waals surface area contributed by atoms with Gasteiger partial charge in [0, 0.05) is 17.3 Å². The highest BCUT2D eigenvalue weighted by Gasteiger charge is 2.54. The van der Waals surface area contributed by atoms with Gasteiger partial charge in [-0.2, -0.15) is 13.2 Å². The molecule has 2 atom stereocenters. The number of carbonyl (C=O) groups excluding carboxylic acids is 3. The molecule has 192 valence electrons. The van der Waals surface area contributed by atoms with Gasteiger partial charge in [0.2, 0.25) is 6.41 Å². The summed E-state index contributed by atoms with van der Waals surface area (Å²) in [5, 5.41) is 5.42. The number of amides is 4. The standard InChI is InChI=1S/C24H26F3N5O3S/c1-23(20(29-14-33)18-7-10-28-13-19(18)15-8-11-31(2)12-9-15)21(34)32(22(35)30-23)16-3-5-17(6-4-16)36-24(25,26)27/h3-7,10,13-15,20H,8-9,11-12H2,1-2H3,(H,29,33)(H,30,35). The van der Waals surface area contributed by atoms with Gasteiger partial charge in [0.1, 0.15) is 5.54 Å². The number of pyridine rings is 1. The minimum atomic E-state index is -4.45. The van der Waals surface area contributed by atoms with E-state index in [0.717, 1.165) is 36.4 Å². The molecule has 0 spiro atoms. The van der Waals surface area contributed by atoms with Gasteiger partial charge in [-0.1, -0.05) is 0 Å². The van der Waals surface area contributed by atoms with E-state index >= 15 is 0 Å². The minimum Gasteiger partial charge on any atom is -0.349 e. The molecule has 4 amide bonds. The summed E-state index contributed by atoms with van der Waals surface area (Å²) in [4.78, 5) is 45.6. The van der Waals surface area contributed by atoms with Crippen LogP contribution >= 0.6 is 11.8 Å². The topological polar surface area (TPSA) is 94.6 Å². The van der Waals surface area contributed by atoms with Crippen LogP contribution < -0.4 is 15.5 Å². The van der Waals surface area contributed by atoms with Gasteiger partial charge < -0.3 is 15.5 Å². The highest BCUT2D eigenvalue weighted by atomic mass is 32.2. The maximum absolute atomic E-state index is 13.7. The summed E-state index contributed by atoms with van der Waals surface area (Å²) in [7, 11) is 2.05. The number of nitrogens with zero attached hydrogens (tertiary/aromatic N) is 3. The number of piperidine rings is 1. The lowest BCUT2D eigenvalue weighted by atomic mass is 9.80. The normalized spacial score (nSPS) is 22.4. The van der Waals surface area contributed by atoms with Crippen molar-refractivity contribution in [3.63, 3.8) is 0 Å². The van der Waals surface area contributed by atoms with Gasteiger partial charge in [-0.3, -0.25) is 14.6 Å². The molecule has 12 heteroatoms. The van der Waals surface area contributed by atoms with Crippen molar-refractivity contribution in [2.75, 3.05) is 25.0 Å². The fourth-order valence-electron chi connectivity index (χ4n) is 4.86. The van der Waals surface area contributed by atoms with E-state index < -0.39 is 29.0 Å². The molecule has 0 aliphatic carbocycles. The van der Waals surface area contributed by atoms with Crippen molar-refractivity contribution >= 4 is 35.8 Å². The minimum absolute atomic E-state index is 0.0684. The Bertz CT molecular complexity index is 1140. The van der Waals surface area contributed by atoms with Gasteiger partial charge >= 0.3 is 11.5 Å². The Balaban J connectivity index is 1.66. The van der Waals surface area contributed by atoms with Crippen LogP contribution in [-0.2, 0) is 9.59 Å². The molecule has 2 fully saturated rings. The molecule has 2 aliphatic rings. The van der Waals surface area contributed by atoms with Crippen molar-refractivity contribution in [3.8, 4) is 0 Å². The number of urea groups is 1. The number of alkyl halides is 3. The Kier molecular flexibility index (Phi) is 7.28. The number of imide groups is 1. The third-order valence-corrected chi connectivity index (χ3v) is 7.45. The molecule has 8 nitrogen and oxygen atoms in total. The zero-order chi connectivity index (χ0) is 26.1. The third kappa shape index (κ3) is 5.19. The van der Waals surface area contributed by atoms with Crippen molar-refractivity contribution in [2.24, 2.45) is 0 Å². The number of aromatic nitrogens is 1. The zero-order valence-corrected chi connectivity index (χ0v) is 20.5. The number of likely N-dealkylation sites (tertiary alicyclic amines) is 1. The molecule has 0 saturated carbocycles. The maximum Gasteiger partial charge on any atom is 0.446 e. The maximum atomic E-state index is 13.7. The number of hydrogen-bond donors (Lipinski definition) is 2. The second-order valence-corrected chi connectivity index (χ2v) is 10.3. The van der Waals surface area contributed by atoms with E-state index in [1.165, 1.54) is 31.2 Å². The number of rotatable bonds is 7. The first kappa shape index (κ1) is 26.0. The number of hydrogen-bond acceptors (Lipinski definition) is 6. The molecule has 36 heavy (non-hydrogen) atoms. The van der Waals surface area contributed by atoms with Gasteiger partial charge in [-0.05, 0) is 99.0 Å². The van der Waals surface area contributed by atoms with Crippen LogP contribution in [0.1, 0.15) is 42.9 Å². The first-order chi connectivity index (χ1) is 17.0. The van der Waals surface area contributed by atoms with Crippen molar-refractivity contribution in [2.45, 2.75) is 47.7 Å². The van der Waals surface area contributed by atoms with Gasteiger partial charge in [0.15, 0.2) is 0 Å². The lowest BCUT2D eigenvalue weighted by molar-refractivity contribution is -0.123. The number of benzene rings is 1. The second kappa shape index (κ2) is 10.1. The molecule has 2 saturated heterocycles. The summed E-state index contributed by atoms with van der Waals surface area (Å²) < 4.78 is 38.0. The van der Waals surface area contributed by atoms with Crippen molar-refractivity contribution < 1.29 is 27.6 Å². The van der Waals surface area contributed by atoms with Gasteiger partial charge in [0.05, 0.1) is 11.7 Å². The molecule has 3 heterocycles. The first-order valence-corrected chi connectivity index (χ1v) is 12.2. The summed E-state index contributed by atoms with van der Waals surface area (Å²) in [6.45, 7) is 3.32. The third-order valence-electron chi connectivity index (χ3n) is 6.71. The average Bonchev–Trinajstić information content (AvgIpc) is 3.06. The van der Waals surface area contributed by atoms with Crippen LogP contribution in [0.15, 0.2) is 47.6 Å². The Morgan fingerprint density at radius 3 is 2.47 bits per heavy atom. The van der Waals surface area contributed by atoms with Gasteiger partial charge in [-0.25, -0.2) is 9.69 Å². The molecule has 2 unspecified atom stereocenters. The van der Waals surface area contributed by atoms with E-state index in [1.807, 2.05) is 7.05 Å². The molecular weight excluding hydrogens is 495 g/mol. The van der Waals surface area contributed by atoms with E-state index in [1.54, 1.807) is 18.5 Å². The summed E-state index contributed by atoms with van der Waals surface area (Å²) >= 11 is -0.284. The number of halogens is 3. The van der Waals surface area contributed by atoms with Crippen molar-refractivity contribution in [1.82, 2.24) is 20.5 Å². The fourth-order valence-corrected chi connectivity index (χ4v) is 5.40. The molecular formula is C24H26F3N5O3S. The molecule has 0 bridgehead atoms. The summed E-state index contributed by atoms with van der Waals surface area (Å²) in [5.74, 6) is -0.458. The molecule has 0 radical (unpaired) electrons. The van der Waals surface area contributed by atoms with Crippen LogP contribution in [0.5, 0.6) is 0 Å². The lowest BCUT2D eigenvalue weighted by Gasteiger charge is -2.35. The summed E-state index contributed by atoms with van der Waals surface area (Å²) in [6.07, 6.45) is 5.57. The van der Waals surface area contributed by atoms with E-state index in [-0.39, 0.29) is 28.3 Å². The monoisotopic (exact) mass is 521 g/mol. The first-order valence-electron chi connectivity index (χ1n) is 11.4. The van der Waals surface area contributed by atoms with Crippen molar-refractivity contribution in [3.05, 3.63) is 53.9 Å². The van der Waals surface area contributed by atoms with Crippen LogP contribution in [0.4, 0.5) is 23.7 Å². The number of nitrogens with one attached hydrogen (secondary N) is 2. The average molecular weight is 522 g/mol.